The average molecular weight is 383 g/mol. The van der Waals surface area contributed by atoms with E-state index < -0.39 is 0 Å². The van der Waals surface area contributed by atoms with Crippen molar-refractivity contribution in [1.29, 1.82) is 0 Å². The average Bonchev–Trinajstić information content (AvgIpc) is 3.05. The first kappa shape index (κ1) is 17.9. The zero-order chi connectivity index (χ0) is 18.5. The second-order valence-corrected chi connectivity index (χ2v) is 7.34. The smallest absolute Gasteiger partial charge is 0.227 e. The maximum absolute atomic E-state index is 5.74. The molecular formula is C20H21N3O3S. The molecule has 0 amide bonds. The lowest BCUT2D eigenvalue weighted by atomic mass is 10.1. The Labute approximate surface area is 162 Å². The van der Waals surface area contributed by atoms with Crippen molar-refractivity contribution in [2.45, 2.75) is 24.3 Å². The van der Waals surface area contributed by atoms with Gasteiger partial charge in [-0.1, -0.05) is 29.4 Å². The van der Waals surface area contributed by atoms with Crippen molar-refractivity contribution in [3.63, 3.8) is 0 Å². The summed E-state index contributed by atoms with van der Waals surface area (Å²) in [6, 6.07) is 13.9. The van der Waals surface area contributed by atoms with E-state index in [1.165, 1.54) is 0 Å². The molecule has 140 valence electrons. The van der Waals surface area contributed by atoms with Gasteiger partial charge in [0.05, 0.1) is 13.2 Å². The third-order valence-electron chi connectivity index (χ3n) is 4.22. The molecule has 0 fully saturated rings. The van der Waals surface area contributed by atoms with E-state index in [0.717, 1.165) is 39.7 Å². The van der Waals surface area contributed by atoms with E-state index in [4.69, 9.17) is 19.7 Å². The van der Waals surface area contributed by atoms with Crippen LogP contribution >= 0.6 is 11.8 Å². The molecule has 27 heavy (non-hydrogen) atoms. The second-order valence-electron chi connectivity index (χ2n) is 6.17. The molecule has 0 spiro atoms. The van der Waals surface area contributed by atoms with Crippen LogP contribution in [0.15, 0.2) is 51.9 Å². The minimum Gasteiger partial charge on any atom is -0.490 e. The normalized spacial score (nSPS) is 13.4. The molecule has 2 aromatic carbocycles. The number of thioether (sulfide) groups is 1. The summed E-state index contributed by atoms with van der Waals surface area (Å²) < 4.78 is 16.8. The number of benzene rings is 2. The highest BCUT2D eigenvalue weighted by molar-refractivity contribution is 7.99. The third kappa shape index (κ3) is 4.43. The van der Waals surface area contributed by atoms with Crippen molar-refractivity contribution >= 4 is 11.8 Å². The second kappa shape index (κ2) is 8.45. The van der Waals surface area contributed by atoms with E-state index in [1.807, 2.05) is 36.4 Å². The largest absolute Gasteiger partial charge is 0.490 e. The van der Waals surface area contributed by atoms with Crippen LogP contribution in [0.2, 0.25) is 0 Å². The quantitative estimate of drug-likeness (QED) is 0.650. The van der Waals surface area contributed by atoms with E-state index in [2.05, 4.69) is 16.2 Å². The van der Waals surface area contributed by atoms with Gasteiger partial charge in [-0.3, -0.25) is 0 Å². The maximum atomic E-state index is 5.74. The summed E-state index contributed by atoms with van der Waals surface area (Å²) >= 11 is 1.73. The van der Waals surface area contributed by atoms with Gasteiger partial charge in [0.2, 0.25) is 11.7 Å². The van der Waals surface area contributed by atoms with Gasteiger partial charge in [-0.05, 0) is 23.8 Å². The number of nitrogens with two attached hydrogens (primary N) is 1. The summed E-state index contributed by atoms with van der Waals surface area (Å²) in [5, 5.41) is 4.07. The molecule has 0 unspecified atom stereocenters. The van der Waals surface area contributed by atoms with Crippen LogP contribution in [0.5, 0.6) is 11.5 Å². The van der Waals surface area contributed by atoms with Gasteiger partial charge >= 0.3 is 0 Å². The summed E-state index contributed by atoms with van der Waals surface area (Å²) in [7, 11) is 0. The van der Waals surface area contributed by atoms with Crippen molar-refractivity contribution < 1.29 is 14.0 Å². The zero-order valence-corrected chi connectivity index (χ0v) is 15.7. The predicted octanol–water partition coefficient (Wildman–Crippen LogP) is 3.69. The van der Waals surface area contributed by atoms with Crippen molar-refractivity contribution in [3.05, 3.63) is 53.9 Å². The Balaban J connectivity index is 1.34. The summed E-state index contributed by atoms with van der Waals surface area (Å²) in [5.74, 6) is 3.72. The van der Waals surface area contributed by atoms with Crippen LogP contribution in [0.4, 0.5) is 0 Å². The number of ether oxygens (including phenoxy) is 2. The summed E-state index contributed by atoms with van der Waals surface area (Å²) in [6.07, 6.45) is 1.61. The number of fused-ring (bicyclic) bond motifs is 1. The van der Waals surface area contributed by atoms with Gasteiger partial charge in [0.25, 0.3) is 0 Å². The molecule has 4 rings (SSSR count). The lowest BCUT2D eigenvalue weighted by Crippen LogP contribution is -1.97. The van der Waals surface area contributed by atoms with E-state index in [9.17, 15) is 0 Å². The minimum atomic E-state index is 0.523. The molecule has 0 saturated heterocycles. The summed E-state index contributed by atoms with van der Waals surface area (Å²) in [4.78, 5) is 5.62. The van der Waals surface area contributed by atoms with Gasteiger partial charge in [0.1, 0.15) is 0 Å². The molecule has 6 nitrogen and oxygen atoms in total. The molecular weight excluding hydrogens is 362 g/mol. The zero-order valence-electron chi connectivity index (χ0n) is 14.9. The lowest BCUT2D eigenvalue weighted by molar-refractivity contribution is 0.297. The molecule has 1 aliphatic rings. The van der Waals surface area contributed by atoms with Crippen molar-refractivity contribution in [1.82, 2.24) is 10.1 Å². The van der Waals surface area contributed by atoms with Gasteiger partial charge in [0.15, 0.2) is 11.5 Å². The molecule has 0 bridgehead atoms. The molecule has 0 aliphatic carbocycles. The number of aromatic nitrogens is 2. The highest BCUT2D eigenvalue weighted by atomic mass is 32.2. The number of hydrogen-bond acceptors (Lipinski definition) is 7. The van der Waals surface area contributed by atoms with Crippen LogP contribution in [0.3, 0.4) is 0 Å². The van der Waals surface area contributed by atoms with Gasteiger partial charge in [0, 0.05) is 35.6 Å². The van der Waals surface area contributed by atoms with Gasteiger partial charge in [-0.25, -0.2) is 0 Å². The highest BCUT2D eigenvalue weighted by Gasteiger charge is 2.12. The first-order chi connectivity index (χ1) is 13.3. The van der Waals surface area contributed by atoms with Crippen molar-refractivity contribution in [3.8, 4) is 22.9 Å². The number of nitrogens with zero attached hydrogens (tertiary/aromatic N) is 2. The van der Waals surface area contributed by atoms with Crippen LogP contribution in [0.25, 0.3) is 11.4 Å². The van der Waals surface area contributed by atoms with Gasteiger partial charge < -0.3 is 19.7 Å². The van der Waals surface area contributed by atoms with Crippen molar-refractivity contribution in [2.75, 3.05) is 19.0 Å². The number of rotatable bonds is 6. The first-order valence-corrected chi connectivity index (χ1v) is 9.95. The van der Waals surface area contributed by atoms with Crippen molar-refractivity contribution in [2.24, 2.45) is 5.73 Å². The molecule has 0 atom stereocenters. The van der Waals surface area contributed by atoms with E-state index in [1.54, 1.807) is 11.8 Å². The van der Waals surface area contributed by atoms with Crippen LogP contribution < -0.4 is 15.2 Å². The van der Waals surface area contributed by atoms with Gasteiger partial charge in [-0.15, -0.1) is 11.8 Å². The van der Waals surface area contributed by atoms with Crippen LogP contribution in [-0.4, -0.2) is 29.1 Å². The Hall–Kier alpha value is -2.51. The first-order valence-electron chi connectivity index (χ1n) is 8.96. The van der Waals surface area contributed by atoms with Crippen LogP contribution in [0.1, 0.15) is 17.9 Å². The van der Waals surface area contributed by atoms with E-state index in [0.29, 0.717) is 37.9 Å². The maximum Gasteiger partial charge on any atom is 0.227 e. The molecule has 0 saturated carbocycles. The standard InChI is InChI=1S/C20H21N3O3S/c21-13-14-2-4-15(5-3-14)20-22-19(26-23-20)8-11-27-16-6-7-17-18(12-16)25-10-1-9-24-17/h2-7,12H,1,8-11,13,21H2. The van der Waals surface area contributed by atoms with Gasteiger partial charge in [-0.2, -0.15) is 4.98 Å². The highest BCUT2D eigenvalue weighted by Crippen LogP contribution is 2.34. The minimum absolute atomic E-state index is 0.523. The van der Waals surface area contributed by atoms with E-state index in [-0.39, 0.29) is 0 Å². The SMILES string of the molecule is NCc1ccc(-c2noc(CCSc3ccc4c(c3)OCCCO4)n2)cc1. The fourth-order valence-electron chi connectivity index (χ4n) is 2.75. The Bertz CT molecular complexity index is 896. The molecule has 7 heteroatoms. The Morgan fingerprint density at radius 1 is 1.00 bits per heavy atom. The summed E-state index contributed by atoms with van der Waals surface area (Å²) in [5.41, 5.74) is 7.63. The monoisotopic (exact) mass is 383 g/mol. The Kier molecular flexibility index (Phi) is 5.60. The lowest BCUT2D eigenvalue weighted by Gasteiger charge is -2.08. The molecule has 1 aliphatic heterocycles. The summed E-state index contributed by atoms with van der Waals surface area (Å²) in [6.45, 7) is 1.92. The Morgan fingerprint density at radius 2 is 1.81 bits per heavy atom. The topological polar surface area (TPSA) is 83.4 Å². The molecule has 1 aromatic heterocycles. The molecule has 2 heterocycles. The molecule has 0 radical (unpaired) electrons. The number of hydrogen-bond donors (Lipinski definition) is 1. The fourth-order valence-corrected chi connectivity index (χ4v) is 3.62. The van der Waals surface area contributed by atoms with Crippen LogP contribution in [0, 0.1) is 0 Å². The fraction of sp³-hybridized carbons (Fsp3) is 0.300. The number of aryl methyl sites for hydroxylation is 1. The predicted molar refractivity (Wildman–Crippen MR) is 104 cm³/mol. The Morgan fingerprint density at radius 3 is 2.63 bits per heavy atom. The molecule has 3 aromatic rings. The third-order valence-corrected chi connectivity index (χ3v) is 5.22. The van der Waals surface area contributed by atoms with Crippen LogP contribution in [-0.2, 0) is 13.0 Å². The van der Waals surface area contributed by atoms with E-state index >= 15 is 0 Å². The molecule has 2 N–H and O–H groups in total.